The predicted molar refractivity (Wildman–Crippen MR) is 80.7 cm³/mol. The summed E-state index contributed by atoms with van der Waals surface area (Å²) in [5.41, 5.74) is 0.694. The fourth-order valence-corrected chi connectivity index (χ4v) is 2.69. The molecule has 19 heavy (non-hydrogen) atoms. The number of hydrogen-bond acceptors (Lipinski definition) is 3. The Morgan fingerprint density at radius 2 is 2.11 bits per heavy atom. The van der Waals surface area contributed by atoms with Gasteiger partial charge < -0.3 is 15.2 Å². The van der Waals surface area contributed by atoms with Crippen LogP contribution in [0.2, 0.25) is 0 Å². The lowest BCUT2D eigenvalue weighted by atomic mass is 9.88. The predicted octanol–water partition coefficient (Wildman–Crippen LogP) is 3.03. The second-order valence-electron chi connectivity index (χ2n) is 5.34. The molecule has 106 valence electrons. The first-order valence-electron chi connectivity index (χ1n) is 6.91. The van der Waals surface area contributed by atoms with Crippen molar-refractivity contribution >= 4 is 15.9 Å². The Morgan fingerprint density at radius 3 is 2.79 bits per heavy atom. The Kier molecular flexibility index (Phi) is 5.25. The van der Waals surface area contributed by atoms with Gasteiger partial charge in [0, 0.05) is 4.47 Å². The van der Waals surface area contributed by atoms with Crippen molar-refractivity contribution in [3.8, 4) is 5.75 Å². The van der Waals surface area contributed by atoms with Crippen molar-refractivity contribution in [2.45, 2.75) is 38.2 Å². The number of nitrogens with one attached hydrogen (secondary N) is 1. The van der Waals surface area contributed by atoms with Crippen LogP contribution in [0.15, 0.2) is 22.7 Å². The first-order chi connectivity index (χ1) is 9.09. The summed E-state index contributed by atoms with van der Waals surface area (Å²) in [7, 11) is 0. The Balaban J connectivity index is 1.72. The number of benzene rings is 1. The molecule has 0 aromatic heterocycles. The zero-order chi connectivity index (χ0) is 13.7. The standard InChI is InChI=1S/C15H22BrNO2/c1-12-11-13(3-4-14(12)16)19-10-2-5-15(18)6-8-17-9-7-15/h3-4,11,17-18H,2,5-10H2,1H3. The van der Waals surface area contributed by atoms with Crippen LogP contribution in [0.4, 0.5) is 0 Å². The van der Waals surface area contributed by atoms with Gasteiger partial charge in [0.05, 0.1) is 12.2 Å². The molecule has 1 aromatic rings. The van der Waals surface area contributed by atoms with Crippen LogP contribution in [-0.4, -0.2) is 30.4 Å². The zero-order valence-corrected chi connectivity index (χ0v) is 13.0. The molecule has 0 radical (unpaired) electrons. The quantitative estimate of drug-likeness (QED) is 0.817. The summed E-state index contributed by atoms with van der Waals surface area (Å²) in [5, 5.41) is 13.6. The van der Waals surface area contributed by atoms with E-state index in [0.29, 0.717) is 6.61 Å². The highest BCUT2D eigenvalue weighted by Crippen LogP contribution is 2.25. The summed E-state index contributed by atoms with van der Waals surface area (Å²) in [6.07, 6.45) is 3.42. The van der Waals surface area contributed by atoms with E-state index in [9.17, 15) is 5.11 Å². The van der Waals surface area contributed by atoms with Crippen molar-refractivity contribution in [2.75, 3.05) is 19.7 Å². The van der Waals surface area contributed by atoms with E-state index < -0.39 is 5.60 Å². The normalized spacial score (nSPS) is 18.3. The van der Waals surface area contributed by atoms with E-state index in [2.05, 4.69) is 28.2 Å². The molecule has 2 N–H and O–H groups in total. The third kappa shape index (κ3) is 4.48. The molecule has 4 heteroatoms. The van der Waals surface area contributed by atoms with Crippen molar-refractivity contribution in [3.05, 3.63) is 28.2 Å². The zero-order valence-electron chi connectivity index (χ0n) is 11.4. The highest BCUT2D eigenvalue weighted by molar-refractivity contribution is 9.10. The maximum Gasteiger partial charge on any atom is 0.119 e. The smallest absolute Gasteiger partial charge is 0.119 e. The van der Waals surface area contributed by atoms with Crippen LogP contribution in [0.1, 0.15) is 31.2 Å². The summed E-state index contributed by atoms with van der Waals surface area (Å²) >= 11 is 3.48. The molecular weight excluding hydrogens is 306 g/mol. The summed E-state index contributed by atoms with van der Waals surface area (Å²) in [4.78, 5) is 0. The van der Waals surface area contributed by atoms with Crippen LogP contribution >= 0.6 is 15.9 Å². The van der Waals surface area contributed by atoms with E-state index in [1.165, 1.54) is 5.56 Å². The molecule has 1 aliphatic rings. The van der Waals surface area contributed by atoms with E-state index in [1.807, 2.05) is 18.2 Å². The lowest BCUT2D eigenvalue weighted by molar-refractivity contribution is -0.00189. The van der Waals surface area contributed by atoms with Gasteiger partial charge in [-0.2, -0.15) is 0 Å². The van der Waals surface area contributed by atoms with Crippen LogP contribution in [0.25, 0.3) is 0 Å². The van der Waals surface area contributed by atoms with Gasteiger partial charge in [0.15, 0.2) is 0 Å². The lowest BCUT2D eigenvalue weighted by Gasteiger charge is -2.32. The molecule has 1 aromatic carbocycles. The third-order valence-electron chi connectivity index (χ3n) is 3.72. The average Bonchev–Trinajstić information content (AvgIpc) is 2.40. The number of hydrogen-bond donors (Lipinski definition) is 2. The summed E-state index contributed by atoms with van der Waals surface area (Å²) < 4.78 is 6.83. The maximum absolute atomic E-state index is 10.3. The fourth-order valence-electron chi connectivity index (χ4n) is 2.44. The second kappa shape index (κ2) is 6.73. The van der Waals surface area contributed by atoms with Gasteiger partial charge in [-0.1, -0.05) is 15.9 Å². The summed E-state index contributed by atoms with van der Waals surface area (Å²) in [5.74, 6) is 0.901. The molecule has 0 atom stereocenters. The Labute approximate surface area is 123 Å². The van der Waals surface area contributed by atoms with E-state index >= 15 is 0 Å². The van der Waals surface area contributed by atoms with Crippen LogP contribution < -0.4 is 10.1 Å². The lowest BCUT2D eigenvalue weighted by Crippen LogP contribution is -2.41. The highest BCUT2D eigenvalue weighted by Gasteiger charge is 2.28. The first kappa shape index (κ1) is 14.8. The van der Waals surface area contributed by atoms with E-state index in [1.54, 1.807) is 0 Å². The number of aryl methyl sites for hydroxylation is 1. The number of piperidine rings is 1. The molecule has 0 spiro atoms. The third-order valence-corrected chi connectivity index (χ3v) is 4.61. The topological polar surface area (TPSA) is 41.5 Å². The van der Waals surface area contributed by atoms with Crippen molar-refractivity contribution in [3.63, 3.8) is 0 Å². The number of aliphatic hydroxyl groups is 1. The molecule has 0 aliphatic carbocycles. The Bertz CT molecular complexity index is 417. The van der Waals surface area contributed by atoms with Gasteiger partial charge >= 0.3 is 0 Å². The molecule has 0 amide bonds. The van der Waals surface area contributed by atoms with Gasteiger partial charge in [-0.15, -0.1) is 0 Å². The minimum Gasteiger partial charge on any atom is -0.494 e. The number of halogens is 1. The van der Waals surface area contributed by atoms with Crippen molar-refractivity contribution < 1.29 is 9.84 Å². The average molecular weight is 328 g/mol. The molecule has 0 unspecified atom stereocenters. The molecular formula is C15H22BrNO2. The van der Waals surface area contributed by atoms with E-state index in [4.69, 9.17) is 4.74 Å². The van der Waals surface area contributed by atoms with Gasteiger partial charge in [-0.3, -0.25) is 0 Å². The Morgan fingerprint density at radius 1 is 1.37 bits per heavy atom. The molecule has 2 rings (SSSR count). The maximum atomic E-state index is 10.3. The first-order valence-corrected chi connectivity index (χ1v) is 7.70. The molecule has 0 saturated carbocycles. The van der Waals surface area contributed by atoms with E-state index in [0.717, 1.165) is 49.0 Å². The van der Waals surface area contributed by atoms with Gasteiger partial charge in [0.25, 0.3) is 0 Å². The summed E-state index contributed by atoms with van der Waals surface area (Å²) in [6, 6.07) is 6.00. The molecule has 0 bridgehead atoms. The highest BCUT2D eigenvalue weighted by atomic mass is 79.9. The fraction of sp³-hybridized carbons (Fsp3) is 0.600. The van der Waals surface area contributed by atoms with Crippen LogP contribution in [0.5, 0.6) is 5.75 Å². The Hall–Kier alpha value is -0.580. The van der Waals surface area contributed by atoms with Crippen molar-refractivity contribution in [1.82, 2.24) is 5.32 Å². The molecule has 1 heterocycles. The molecule has 3 nitrogen and oxygen atoms in total. The van der Waals surface area contributed by atoms with Crippen LogP contribution in [-0.2, 0) is 0 Å². The van der Waals surface area contributed by atoms with Crippen LogP contribution in [0, 0.1) is 6.92 Å². The van der Waals surface area contributed by atoms with Crippen LogP contribution in [0.3, 0.4) is 0 Å². The SMILES string of the molecule is Cc1cc(OCCCC2(O)CCNCC2)ccc1Br. The van der Waals surface area contributed by atoms with Gasteiger partial charge in [0.2, 0.25) is 0 Å². The number of ether oxygens (including phenoxy) is 1. The largest absolute Gasteiger partial charge is 0.494 e. The number of rotatable bonds is 5. The monoisotopic (exact) mass is 327 g/mol. The van der Waals surface area contributed by atoms with Gasteiger partial charge in [-0.05, 0) is 69.5 Å². The van der Waals surface area contributed by atoms with Crippen molar-refractivity contribution in [1.29, 1.82) is 0 Å². The van der Waals surface area contributed by atoms with Crippen molar-refractivity contribution in [2.24, 2.45) is 0 Å². The molecule has 1 aliphatic heterocycles. The molecule has 1 fully saturated rings. The van der Waals surface area contributed by atoms with Gasteiger partial charge in [0.1, 0.15) is 5.75 Å². The minimum absolute atomic E-state index is 0.482. The minimum atomic E-state index is -0.482. The molecule has 1 saturated heterocycles. The summed E-state index contributed by atoms with van der Waals surface area (Å²) in [6.45, 7) is 4.55. The van der Waals surface area contributed by atoms with E-state index in [-0.39, 0.29) is 0 Å². The van der Waals surface area contributed by atoms with Gasteiger partial charge in [-0.25, -0.2) is 0 Å². The second-order valence-corrected chi connectivity index (χ2v) is 6.19.